The van der Waals surface area contributed by atoms with E-state index in [1.807, 2.05) is 12.1 Å². The third-order valence-electron chi connectivity index (χ3n) is 3.13. The Balaban J connectivity index is 1.79. The topological polar surface area (TPSA) is 35.2 Å². The van der Waals surface area contributed by atoms with Gasteiger partial charge in [-0.25, -0.2) is 0 Å². The molecule has 2 nitrogen and oxygen atoms in total. The SMILES string of the molecule is CCCc1ccc(OCC(N)C2CC2)cc1. The lowest BCUT2D eigenvalue weighted by molar-refractivity contribution is 0.276. The van der Waals surface area contributed by atoms with Crippen LogP contribution in [-0.2, 0) is 6.42 Å². The van der Waals surface area contributed by atoms with Crippen LogP contribution in [0.5, 0.6) is 5.75 Å². The van der Waals surface area contributed by atoms with E-state index in [0.717, 1.165) is 12.2 Å². The molecule has 88 valence electrons. The highest BCUT2D eigenvalue weighted by Crippen LogP contribution is 2.31. The number of hydrogen-bond donors (Lipinski definition) is 1. The quantitative estimate of drug-likeness (QED) is 0.798. The molecule has 1 aromatic rings. The van der Waals surface area contributed by atoms with E-state index in [-0.39, 0.29) is 6.04 Å². The summed E-state index contributed by atoms with van der Waals surface area (Å²) < 4.78 is 5.68. The van der Waals surface area contributed by atoms with Crippen molar-refractivity contribution in [1.29, 1.82) is 0 Å². The van der Waals surface area contributed by atoms with Gasteiger partial charge in [0.05, 0.1) is 0 Å². The van der Waals surface area contributed by atoms with Crippen LogP contribution in [0.15, 0.2) is 24.3 Å². The number of hydrogen-bond acceptors (Lipinski definition) is 2. The van der Waals surface area contributed by atoms with Crippen LogP contribution in [0.4, 0.5) is 0 Å². The van der Waals surface area contributed by atoms with Crippen LogP contribution in [0.3, 0.4) is 0 Å². The Morgan fingerprint density at radius 2 is 2.00 bits per heavy atom. The van der Waals surface area contributed by atoms with Gasteiger partial charge in [0.2, 0.25) is 0 Å². The van der Waals surface area contributed by atoms with Gasteiger partial charge in [0.15, 0.2) is 0 Å². The molecule has 0 aromatic heterocycles. The van der Waals surface area contributed by atoms with Crippen molar-refractivity contribution in [1.82, 2.24) is 0 Å². The molecule has 0 saturated heterocycles. The monoisotopic (exact) mass is 219 g/mol. The summed E-state index contributed by atoms with van der Waals surface area (Å²) in [5.41, 5.74) is 7.36. The fourth-order valence-electron chi connectivity index (χ4n) is 1.89. The molecule has 1 atom stereocenters. The first kappa shape index (κ1) is 11.5. The molecule has 1 aliphatic carbocycles. The van der Waals surface area contributed by atoms with E-state index in [1.165, 1.54) is 24.8 Å². The maximum absolute atomic E-state index is 5.98. The van der Waals surface area contributed by atoms with E-state index in [4.69, 9.17) is 10.5 Å². The van der Waals surface area contributed by atoms with Crippen molar-refractivity contribution in [3.8, 4) is 5.75 Å². The van der Waals surface area contributed by atoms with E-state index in [2.05, 4.69) is 19.1 Å². The molecule has 2 heteroatoms. The van der Waals surface area contributed by atoms with Gasteiger partial charge in [-0.15, -0.1) is 0 Å². The fourth-order valence-corrected chi connectivity index (χ4v) is 1.89. The molecule has 1 aromatic carbocycles. The molecule has 0 spiro atoms. The summed E-state index contributed by atoms with van der Waals surface area (Å²) >= 11 is 0. The predicted molar refractivity (Wildman–Crippen MR) is 66.6 cm³/mol. The second kappa shape index (κ2) is 5.35. The third-order valence-corrected chi connectivity index (χ3v) is 3.13. The highest BCUT2D eigenvalue weighted by Gasteiger charge is 2.28. The minimum atomic E-state index is 0.218. The molecule has 2 N–H and O–H groups in total. The lowest BCUT2D eigenvalue weighted by Crippen LogP contribution is -2.29. The molecule has 0 aliphatic heterocycles. The third kappa shape index (κ3) is 3.24. The first-order valence-corrected chi connectivity index (χ1v) is 6.27. The molecule has 1 saturated carbocycles. The van der Waals surface area contributed by atoms with Gasteiger partial charge in [0, 0.05) is 6.04 Å². The van der Waals surface area contributed by atoms with Crippen molar-refractivity contribution in [2.75, 3.05) is 6.61 Å². The lowest BCUT2D eigenvalue weighted by atomic mass is 10.1. The summed E-state index contributed by atoms with van der Waals surface area (Å²) in [5.74, 6) is 1.65. The summed E-state index contributed by atoms with van der Waals surface area (Å²) in [7, 11) is 0. The van der Waals surface area contributed by atoms with Gasteiger partial charge in [0.25, 0.3) is 0 Å². The molecule has 0 bridgehead atoms. The number of rotatable bonds is 6. The van der Waals surface area contributed by atoms with E-state index < -0.39 is 0 Å². The van der Waals surface area contributed by atoms with Crippen molar-refractivity contribution in [3.63, 3.8) is 0 Å². The summed E-state index contributed by atoms with van der Waals surface area (Å²) in [6, 6.07) is 8.59. The summed E-state index contributed by atoms with van der Waals surface area (Å²) in [5, 5.41) is 0. The standard InChI is InChI=1S/C14H21NO/c1-2-3-11-4-8-13(9-5-11)16-10-14(15)12-6-7-12/h4-5,8-9,12,14H,2-3,6-7,10,15H2,1H3. The molecule has 2 rings (SSSR count). The minimum absolute atomic E-state index is 0.218. The van der Waals surface area contributed by atoms with Crippen LogP contribution in [0.2, 0.25) is 0 Å². The zero-order valence-corrected chi connectivity index (χ0v) is 9.99. The van der Waals surface area contributed by atoms with Gasteiger partial charge < -0.3 is 10.5 Å². The number of nitrogens with two attached hydrogens (primary N) is 1. The van der Waals surface area contributed by atoms with Gasteiger partial charge in [-0.1, -0.05) is 25.5 Å². The average Bonchev–Trinajstić information content (AvgIpc) is 3.12. The van der Waals surface area contributed by atoms with Crippen molar-refractivity contribution < 1.29 is 4.74 Å². The van der Waals surface area contributed by atoms with Crippen LogP contribution in [0.1, 0.15) is 31.7 Å². The van der Waals surface area contributed by atoms with E-state index >= 15 is 0 Å². The van der Waals surface area contributed by atoms with Gasteiger partial charge in [-0.3, -0.25) is 0 Å². The number of benzene rings is 1. The largest absolute Gasteiger partial charge is 0.492 e. The highest BCUT2D eigenvalue weighted by atomic mass is 16.5. The Morgan fingerprint density at radius 1 is 1.31 bits per heavy atom. The maximum Gasteiger partial charge on any atom is 0.119 e. The zero-order valence-electron chi connectivity index (χ0n) is 9.99. The molecule has 16 heavy (non-hydrogen) atoms. The molecule has 0 radical (unpaired) electrons. The Hall–Kier alpha value is -1.02. The summed E-state index contributed by atoms with van der Waals surface area (Å²) in [6.45, 7) is 2.84. The lowest BCUT2D eigenvalue weighted by Gasteiger charge is -2.12. The van der Waals surface area contributed by atoms with Crippen LogP contribution in [-0.4, -0.2) is 12.6 Å². The average molecular weight is 219 g/mol. The van der Waals surface area contributed by atoms with Crippen LogP contribution >= 0.6 is 0 Å². The molecule has 0 heterocycles. The minimum Gasteiger partial charge on any atom is -0.492 e. The predicted octanol–water partition coefficient (Wildman–Crippen LogP) is 2.76. The number of aryl methyl sites for hydroxylation is 1. The summed E-state index contributed by atoms with van der Waals surface area (Å²) in [6.07, 6.45) is 4.88. The van der Waals surface area contributed by atoms with Crippen LogP contribution in [0, 0.1) is 5.92 Å². The second-order valence-corrected chi connectivity index (χ2v) is 4.71. The van der Waals surface area contributed by atoms with E-state index in [1.54, 1.807) is 0 Å². The van der Waals surface area contributed by atoms with Crippen LogP contribution in [0.25, 0.3) is 0 Å². The first-order valence-electron chi connectivity index (χ1n) is 6.27. The van der Waals surface area contributed by atoms with Crippen molar-refractivity contribution in [2.45, 2.75) is 38.6 Å². The molecule has 1 unspecified atom stereocenters. The van der Waals surface area contributed by atoms with Gasteiger partial charge in [-0.2, -0.15) is 0 Å². The fraction of sp³-hybridized carbons (Fsp3) is 0.571. The van der Waals surface area contributed by atoms with E-state index in [0.29, 0.717) is 12.5 Å². The molecular formula is C14H21NO. The zero-order chi connectivity index (χ0) is 11.4. The Morgan fingerprint density at radius 3 is 2.56 bits per heavy atom. The first-order chi connectivity index (χ1) is 7.79. The van der Waals surface area contributed by atoms with E-state index in [9.17, 15) is 0 Å². The summed E-state index contributed by atoms with van der Waals surface area (Å²) in [4.78, 5) is 0. The van der Waals surface area contributed by atoms with Crippen LogP contribution < -0.4 is 10.5 Å². The Kier molecular flexibility index (Phi) is 3.83. The Bertz CT molecular complexity index is 316. The normalized spacial score (nSPS) is 17.1. The molecule has 0 amide bonds. The molecule has 1 aliphatic rings. The van der Waals surface area contributed by atoms with Crippen molar-refractivity contribution in [2.24, 2.45) is 11.7 Å². The van der Waals surface area contributed by atoms with Gasteiger partial charge >= 0.3 is 0 Å². The van der Waals surface area contributed by atoms with Gasteiger partial charge in [-0.05, 0) is 42.9 Å². The molecule has 1 fully saturated rings. The maximum atomic E-state index is 5.98. The molecular weight excluding hydrogens is 198 g/mol. The van der Waals surface area contributed by atoms with Crippen molar-refractivity contribution >= 4 is 0 Å². The van der Waals surface area contributed by atoms with Crippen molar-refractivity contribution in [3.05, 3.63) is 29.8 Å². The van der Waals surface area contributed by atoms with Gasteiger partial charge in [0.1, 0.15) is 12.4 Å². The Labute approximate surface area is 97.8 Å². The second-order valence-electron chi connectivity index (χ2n) is 4.71. The number of ether oxygens (including phenoxy) is 1. The smallest absolute Gasteiger partial charge is 0.119 e. The highest BCUT2D eigenvalue weighted by molar-refractivity contribution is 5.27.